The average Bonchev–Trinajstić information content (AvgIpc) is 3.37. The van der Waals surface area contributed by atoms with Crippen LogP contribution >= 0.6 is 0 Å². The van der Waals surface area contributed by atoms with Crippen molar-refractivity contribution in [1.82, 2.24) is 13.9 Å². The third-order valence-corrected chi connectivity index (χ3v) is 7.32. The van der Waals surface area contributed by atoms with Gasteiger partial charge in [-0.2, -0.15) is 0 Å². The Balaban J connectivity index is 1.72. The van der Waals surface area contributed by atoms with Gasteiger partial charge >= 0.3 is 0 Å². The lowest BCUT2D eigenvalue weighted by Gasteiger charge is -2.19. The SMILES string of the molecule is COC1CCN(c2cccc(S(=O)(=O)n3cc(CCN(C)C)c4ncccc43)c2)C1. The fourth-order valence-electron chi connectivity index (χ4n) is 3.93. The van der Waals surface area contributed by atoms with Crippen LogP contribution < -0.4 is 4.90 Å². The number of rotatable bonds is 7. The Morgan fingerprint density at radius 1 is 1.23 bits per heavy atom. The predicted molar refractivity (Wildman–Crippen MR) is 119 cm³/mol. The summed E-state index contributed by atoms with van der Waals surface area (Å²) >= 11 is 0. The highest BCUT2D eigenvalue weighted by molar-refractivity contribution is 7.90. The lowest BCUT2D eigenvalue weighted by atomic mass is 10.2. The van der Waals surface area contributed by atoms with Crippen molar-refractivity contribution < 1.29 is 13.2 Å². The molecular formula is C22H28N4O3S. The molecule has 1 aliphatic rings. The van der Waals surface area contributed by atoms with Crippen LogP contribution in [0.5, 0.6) is 0 Å². The minimum atomic E-state index is -3.75. The van der Waals surface area contributed by atoms with E-state index in [-0.39, 0.29) is 11.0 Å². The summed E-state index contributed by atoms with van der Waals surface area (Å²) in [5, 5.41) is 0. The Morgan fingerprint density at radius 2 is 2.07 bits per heavy atom. The number of methoxy groups -OCH3 is 1. The molecule has 1 fully saturated rings. The highest BCUT2D eigenvalue weighted by Crippen LogP contribution is 2.28. The second-order valence-electron chi connectivity index (χ2n) is 7.97. The lowest BCUT2D eigenvalue weighted by Crippen LogP contribution is -2.22. The first-order valence-corrected chi connectivity index (χ1v) is 11.6. The number of fused-ring (bicyclic) bond motifs is 1. The van der Waals surface area contributed by atoms with Crippen molar-refractivity contribution in [1.29, 1.82) is 0 Å². The van der Waals surface area contributed by atoms with E-state index in [1.165, 1.54) is 3.97 Å². The first kappa shape index (κ1) is 20.8. The van der Waals surface area contributed by atoms with Crippen molar-refractivity contribution >= 4 is 26.7 Å². The number of nitrogens with zero attached hydrogens (tertiary/aromatic N) is 4. The van der Waals surface area contributed by atoms with Gasteiger partial charge in [0.05, 0.1) is 22.0 Å². The minimum Gasteiger partial charge on any atom is -0.380 e. The molecule has 8 heteroatoms. The molecule has 4 rings (SSSR count). The number of ether oxygens (including phenoxy) is 1. The molecule has 0 N–H and O–H groups in total. The fourth-order valence-corrected chi connectivity index (χ4v) is 5.35. The van der Waals surface area contributed by atoms with Gasteiger partial charge < -0.3 is 14.5 Å². The Hall–Kier alpha value is -2.42. The van der Waals surface area contributed by atoms with Gasteiger partial charge in [0.15, 0.2) is 0 Å². The van der Waals surface area contributed by atoms with Crippen molar-refractivity contribution in [3.05, 3.63) is 54.4 Å². The van der Waals surface area contributed by atoms with Crippen LogP contribution in [-0.2, 0) is 21.2 Å². The molecule has 1 aliphatic heterocycles. The van der Waals surface area contributed by atoms with Gasteiger partial charge in [-0.25, -0.2) is 12.4 Å². The second kappa shape index (κ2) is 8.37. The van der Waals surface area contributed by atoms with Gasteiger partial charge in [-0.3, -0.25) is 4.98 Å². The van der Waals surface area contributed by atoms with Crippen molar-refractivity contribution in [2.24, 2.45) is 0 Å². The van der Waals surface area contributed by atoms with Gasteiger partial charge in [0, 0.05) is 44.8 Å². The molecule has 7 nitrogen and oxygen atoms in total. The van der Waals surface area contributed by atoms with Crippen LogP contribution in [0, 0.1) is 0 Å². The van der Waals surface area contributed by atoms with Gasteiger partial charge in [0.2, 0.25) is 0 Å². The van der Waals surface area contributed by atoms with Crippen LogP contribution in [-0.4, -0.2) is 69.2 Å². The maximum atomic E-state index is 13.6. The fraction of sp³-hybridized carbons (Fsp3) is 0.409. The summed E-state index contributed by atoms with van der Waals surface area (Å²) in [5.41, 5.74) is 3.18. The van der Waals surface area contributed by atoms with E-state index in [0.29, 0.717) is 5.52 Å². The molecule has 30 heavy (non-hydrogen) atoms. The van der Waals surface area contributed by atoms with Crippen molar-refractivity contribution in [3.8, 4) is 0 Å². The molecule has 0 radical (unpaired) electrons. The Morgan fingerprint density at radius 3 is 2.80 bits per heavy atom. The molecule has 160 valence electrons. The average molecular weight is 429 g/mol. The van der Waals surface area contributed by atoms with Crippen LogP contribution in [0.3, 0.4) is 0 Å². The third-order valence-electron chi connectivity index (χ3n) is 5.65. The topological polar surface area (TPSA) is 67.7 Å². The zero-order valence-electron chi connectivity index (χ0n) is 17.7. The molecular weight excluding hydrogens is 400 g/mol. The second-order valence-corrected chi connectivity index (χ2v) is 9.78. The Kier molecular flexibility index (Phi) is 5.81. The molecule has 1 atom stereocenters. The van der Waals surface area contributed by atoms with Crippen LogP contribution in [0.25, 0.3) is 11.0 Å². The number of pyridine rings is 1. The van der Waals surface area contributed by atoms with Gasteiger partial charge in [-0.1, -0.05) is 6.07 Å². The van der Waals surface area contributed by atoms with Crippen molar-refractivity contribution in [3.63, 3.8) is 0 Å². The molecule has 1 saturated heterocycles. The third kappa shape index (κ3) is 3.95. The summed E-state index contributed by atoms with van der Waals surface area (Å²) in [7, 11) is 1.97. The number of aromatic nitrogens is 2. The van der Waals surface area contributed by atoms with E-state index in [1.54, 1.807) is 43.8 Å². The summed E-state index contributed by atoms with van der Waals surface area (Å²) in [6.45, 7) is 2.44. The number of hydrogen-bond donors (Lipinski definition) is 0. The molecule has 1 aromatic carbocycles. The summed E-state index contributed by atoms with van der Waals surface area (Å²) in [4.78, 5) is 8.99. The van der Waals surface area contributed by atoms with Crippen LogP contribution in [0.15, 0.2) is 53.7 Å². The quantitative estimate of drug-likeness (QED) is 0.576. The summed E-state index contributed by atoms with van der Waals surface area (Å²) in [6, 6.07) is 10.8. The van der Waals surface area contributed by atoms with E-state index >= 15 is 0 Å². The molecule has 0 saturated carbocycles. The lowest BCUT2D eigenvalue weighted by molar-refractivity contribution is 0.121. The number of hydrogen-bond acceptors (Lipinski definition) is 6. The number of likely N-dealkylation sites (N-methyl/N-ethyl adjacent to an activating group) is 1. The van der Waals surface area contributed by atoms with E-state index in [9.17, 15) is 8.42 Å². The first-order valence-electron chi connectivity index (χ1n) is 10.1. The highest BCUT2D eigenvalue weighted by Gasteiger charge is 2.25. The summed E-state index contributed by atoms with van der Waals surface area (Å²) in [5.74, 6) is 0. The van der Waals surface area contributed by atoms with E-state index in [2.05, 4.69) is 14.8 Å². The molecule has 1 unspecified atom stereocenters. The molecule has 0 bridgehead atoms. The summed E-state index contributed by atoms with van der Waals surface area (Å²) < 4.78 is 34.0. The number of benzene rings is 1. The standard InChI is InChI=1S/C22H28N4O3S/c1-24(2)12-9-17-15-26(21-8-5-11-23-22(17)21)30(27,28)20-7-4-6-18(14-20)25-13-10-19(16-25)29-3/h4-8,11,14-15,19H,9-10,12-13,16H2,1-3H3. The minimum absolute atomic E-state index is 0.184. The first-order chi connectivity index (χ1) is 14.4. The van der Waals surface area contributed by atoms with Crippen LogP contribution in [0.2, 0.25) is 0 Å². The molecule has 2 aromatic heterocycles. The van der Waals surface area contributed by atoms with Crippen LogP contribution in [0.1, 0.15) is 12.0 Å². The summed E-state index contributed by atoms with van der Waals surface area (Å²) in [6.07, 6.45) is 5.29. The maximum Gasteiger partial charge on any atom is 0.268 e. The van der Waals surface area contributed by atoms with Gasteiger partial charge in [-0.05, 0) is 62.8 Å². The molecule has 3 aromatic rings. The Labute approximate surface area is 177 Å². The van der Waals surface area contributed by atoms with E-state index in [4.69, 9.17) is 4.74 Å². The van der Waals surface area contributed by atoms with Crippen LogP contribution in [0.4, 0.5) is 5.69 Å². The largest absolute Gasteiger partial charge is 0.380 e. The van der Waals surface area contributed by atoms with E-state index in [0.717, 1.165) is 49.2 Å². The smallest absolute Gasteiger partial charge is 0.268 e. The van der Waals surface area contributed by atoms with Crippen molar-refractivity contribution in [2.45, 2.75) is 23.8 Å². The molecule has 0 spiro atoms. The maximum absolute atomic E-state index is 13.6. The number of anilines is 1. The van der Waals surface area contributed by atoms with Gasteiger partial charge in [0.1, 0.15) is 0 Å². The zero-order valence-corrected chi connectivity index (χ0v) is 18.5. The van der Waals surface area contributed by atoms with E-state index in [1.807, 2.05) is 26.2 Å². The van der Waals surface area contributed by atoms with Crippen molar-refractivity contribution in [2.75, 3.05) is 45.7 Å². The predicted octanol–water partition coefficient (Wildman–Crippen LogP) is 2.60. The van der Waals surface area contributed by atoms with E-state index < -0.39 is 10.0 Å². The van der Waals surface area contributed by atoms with Gasteiger partial charge in [-0.15, -0.1) is 0 Å². The molecule has 0 aliphatic carbocycles. The Bertz CT molecular complexity index is 1140. The normalized spacial score (nSPS) is 17.3. The molecule has 3 heterocycles. The zero-order chi connectivity index (χ0) is 21.3. The molecule has 0 amide bonds. The highest BCUT2D eigenvalue weighted by atomic mass is 32.2. The monoisotopic (exact) mass is 428 g/mol. The van der Waals surface area contributed by atoms with Gasteiger partial charge in [0.25, 0.3) is 10.0 Å².